The molecule has 90 valence electrons. The summed E-state index contributed by atoms with van der Waals surface area (Å²) in [5.41, 5.74) is 0.322. The van der Waals surface area contributed by atoms with Crippen molar-refractivity contribution in [3.05, 3.63) is 27.7 Å². The summed E-state index contributed by atoms with van der Waals surface area (Å²) < 4.78 is 0.857. The Hall–Kier alpha value is -0.250. The number of benzene rings is 1. The average Bonchev–Trinajstić information content (AvgIpc) is 2.30. The predicted molar refractivity (Wildman–Crippen MR) is 73.2 cm³/mol. The van der Waals surface area contributed by atoms with Gasteiger partial charge in [0, 0.05) is 16.7 Å². The first-order chi connectivity index (χ1) is 7.50. The molecule has 16 heavy (non-hydrogen) atoms. The third-order valence-corrected chi connectivity index (χ3v) is 4.07. The van der Waals surface area contributed by atoms with Crippen molar-refractivity contribution in [2.45, 2.75) is 32.3 Å². The Morgan fingerprint density at radius 3 is 2.50 bits per heavy atom. The highest BCUT2D eigenvalue weighted by Gasteiger charge is 2.21. The van der Waals surface area contributed by atoms with Crippen molar-refractivity contribution < 1.29 is 5.11 Å². The van der Waals surface area contributed by atoms with Gasteiger partial charge in [-0.2, -0.15) is 0 Å². The molecule has 0 heterocycles. The van der Waals surface area contributed by atoms with Gasteiger partial charge in [0.05, 0.1) is 10.6 Å². The van der Waals surface area contributed by atoms with Gasteiger partial charge in [-0.15, -0.1) is 0 Å². The van der Waals surface area contributed by atoms with E-state index in [9.17, 15) is 5.11 Å². The van der Waals surface area contributed by atoms with Gasteiger partial charge in [0.2, 0.25) is 0 Å². The van der Waals surface area contributed by atoms with E-state index >= 15 is 0 Å². The van der Waals surface area contributed by atoms with E-state index in [0.717, 1.165) is 23.0 Å². The minimum absolute atomic E-state index is 0.550. The summed E-state index contributed by atoms with van der Waals surface area (Å²) in [7, 11) is 0. The van der Waals surface area contributed by atoms with Crippen molar-refractivity contribution in [2.24, 2.45) is 0 Å². The van der Waals surface area contributed by atoms with Gasteiger partial charge < -0.3 is 10.4 Å². The van der Waals surface area contributed by atoms with Crippen LogP contribution in [0.15, 0.2) is 22.7 Å². The largest absolute Gasteiger partial charge is 0.388 e. The van der Waals surface area contributed by atoms with Crippen molar-refractivity contribution in [1.29, 1.82) is 0 Å². The fourth-order valence-corrected chi connectivity index (χ4v) is 1.87. The molecule has 0 aliphatic carbocycles. The van der Waals surface area contributed by atoms with Crippen molar-refractivity contribution in [2.75, 3.05) is 11.9 Å². The lowest BCUT2D eigenvalue weighted by Gasteiger charge is -2.26. The highest BCUT2D eigenvalue weighted by molar-refractivity contribution is 9.10. The second-order valence-corrected chi connectivity index (χ2v) is 5.18. The van der Waals surface area contributed by atoms with Crippen LogP contribution in [0.5, 0.6) is 0 Å². The summed E-state index contributed by atoms with van der Waals surface area (Å²) in [6.45, 7) is 4.53. The summed E-state index contributed by atoms with van der Waals surface area (Å²) in [6.07, 6.45) is 1.48. The fourth-order valence-electron chi connectivity index (χ4n) is 1.37. The average molecular weight is 307 g/mol. The van der Waals surface area contributed by atoms with Gasteiger partial charge in [-0.25, -0.2) is 0 Å². The third-order valence-electron chi connectivity index (χ3n) is 2.86. The molecular weight excluding hydrogens is 289 g/mol. The highest BCUT2D eigenvalue weighted by atomic mass is 79.9. The number of rotatable bonds is 5. The molecule has 0 aliphatic rings. The lowest BCUT2D eigenvalue weighted by atomic mass is 9.97. The molecule has 0 atom stereocenters. The fraction of sp³-hybridized carbons (Fsp3) is 0.500. The Balaban J connectivity index is 2.64. The molecule has 0 amide bonds. The normalized spacial score (nSPS) is 11.6. The van der Waals surface area contributed by atoms with Gasteiger partial charge in [-0.05, 0) is 47.0 Å². The maximum Gasteiger partial charge on any atom is 0.0814 e. The predicted octanol–water partition coefficient (Wildman–Crippen LogP) is 4.07. The minimum Gasteiger partial charge on any atom is -0.388 e. The van der Waals surface area contributed by atoms with E-state index in [1.807, 2.05) is 32.0 Å². The van der Waals surface area contributed by atoms with Crippen LogP contribution in [0.3, 0.4) is 0 Å². The van der Waals surface area contributed by atoms with E-state index in [0.29, 0.717) is 11.6 Å². The molecule has 2 nitrogen and oxygen atoms in total. The number of hydrogen-bond acceptors (Lipinski definition) is 2. The monoisotopic (exact) mass is 305 g/mol. The molecule has 0 fully saturated rings. The zero-order valence-corrected chi connectivity index (χ0v) is 11.9. The number of nitrogens with one attached hydrogen (secondary N) is 1. The molecule has 0 radical (unpaired) electrons. The van der Waals surface area contributed by atoms with Gasteiger partial charge in [-0.3, -0.25) is 0 Å². The van der Waals surface area contributed by atoms with Crippen LogP contribution >= 0.6 is 27.5 Å². The number of anilines is 1. The molecule has 0 bridgehead atoms. The van der Waals surface area contributed by atoms with Crippen LogP contribution in [0.25, 0.3) is 0 Å². The molecule has 1 rings (SSSR count). The van der Waals surface area contributed by atoms with Gasteiger partial charge in [-0.1, -0.05) is 25.4 Å². The molecule has 0 unspecified atom stereocenters. The minimum atomic E-state index is -0.633. The van der Waals surface area contributed by atoms with Crippen LogP contribution in [-0.4, -0.2) is 17.3 Å². The zero-order valence-electron chi connectivity index (χ0n) is 9.56. The first-order valence-electron chi connectivity index (χ1n) is 5.42. The maximum atomic E-state index is 10.1. The topological polar surface area (TPSA) is 32.3 Å². The van der Waals surface area contributed by atoms with Crippen LogP contribution in [0, 0.1) is 0 Å². The van der Waals surface area contributed by atoms with E-state index in [2.05, 4.69) is 21.2 Å². The summed E-state index contributed by atoms with van der Waals surface area (Å²) in [6, 6.07) is 5.64. The highest BCUT2D eigenvalue weighted by Crippen LogP contribution is 2.26. The Kier molecular flexibility index (Phi) is 5.09. The summed E-state index contributed by atoms with van der Waals surface area (Å²) >= 11 is 9.27. The first-order valence-corrected chi connectivity index (χ1v) is 6.59. The van der Waals surface area contributed by atoms with Crippen LogP contribution in [0.4, 0.5) is 5.69 Å². The molecule has 1 aromatic carbocycles. The van der Waals surface area contributed by atoms with E-state index in [-0.39, 0.29) is 0 Å². The van der Waals surface area contributed by atoms with Crippen LogP contribution in [0.2, 0.25) is 5.02 Å². The van der Waals surface area contributed by atoms with Gasteiger partial charge in [0.15, 0.2) is 0 Å². The van der Waals surface area contributed by atoms with E-state index in [1.165, 1.54) is 0 Å². The SMILES string of the molecule is CCC(O)(CC)CNc1ccc(Cl)c(Br)c1. The molecule has 0 aliphatic heterocycles. The summed E-state index contributed by atoms with van der Waals surface area (Å²) in [5, 5.41) is 14.0. The lowest BCUT2D eigenvalue weighted by molar-refractivity contribution is 0.0457. The standard InChI is InChI=1S/C12H17BrClNO/c1-3-12(16,4-2)8-15-9-5-6-11(14)10(13)7-9/h5-7,15-16H,3-4,8H2,1-2H3. The smallest absolute Gasteiger partial charge is 0.0814 e. The molecule has 0 saturated carbocycles. The Labute approximate surface area is 110 Å². The molecular formula is C12H17BrClNO. The molecule has 1 aromatic rings. The third kappa shape index (κ3) is 3.65. The second-order valence-electron chi connectivity index (χ2n) is 3.91. The molecule has 4 heteroatoms. The van der Waals surface area contributed by atoms with E-state index in [1.54, 1.807) is 0 Å². The molecule has 2 N–H and O–H groups in total. The molecule has 0 spiro atoms. The molecule has 0 saturated heterocycles. The van der Waals surface area contributed by atoms with Crippen molar-refractivity contribution in [3.63, 3.8) is 0 Å². The lowest BCUT2D eigenvalue weighted by Crippen LogP contribution is -2.35. The van der Waals surface area contributed by atoms with Gasteiger partial charge in [0.25, 0.3) is 0 Å². The van der Waals surface area contributed by atoms with E-state index in [4.69, 9.17) is 11.6 Å². The Bertz CT molecular complexity index is 353. The van der Waals surface area contributed by atoms with Crippen molar-refractivity contribution >= 4 is 33.2 Å². The van der Waals surface area contributed by atoms with Gasteiger partial charge >= 0.3 is 0 Å². The van der Waals surface area contributed by atoms with Crippen molar-refractivity contribution in [3.8, 4) is 0 Å². The summed E-state index contributed by atoms with van der Waals surface area (Å²) in [4.78, 5) is 0. The molecule has 0 aromatic heterocycles. The Morgan fingerprint density at radius 1 is 1.38 bits per heavy atom. The zero-order chi connectivity index (χ0) is 12.2. The number of aliphatic hydroxyl groups is 1. The second kappa shape index (κ2) is 5.89. The summed E-state index contributed by atoms with van der Waals surface area (Å²) in [5.74, 6) is 0. The van der Waals surface area contributed by atoms with Gasteiger partial charge in [0.1, 0.15) is 0 Å². The van der Waals surface area contributed by atoms with E-state index < -0.39 is 5.60 Å². The van der Waals surface area contributed by atoms with Crippen LogP contribution < -0.4 is 5.32 Å². The maximum absolute atomic E-state index is 10.1. The number of halogens is 2. The Morgan fingerprint density at radius 2 is 2.00 bits per heavy atom. The quantitative estimate of drug-likeness (QED) is 0.859. The first kappa shape index (κ1) is 13.8. The van der Waals surface area contributed by atoms with Crippen LogP contribution in [0.1, 0.15) is 26.7 Å². The van der Waals surface area contributed by atoms with Crippen LogP contribution in [-0.2, 0) is 0 Å². The number of hydrogen-bond donors (Lipinski definition) is 2. The van der Waals surface area contributed by atoms with Crippen molar-refractivity contribution in [1.82, 2.24) is 0 Å².